The van der Waals surface area contributed by atoms with Crippen LogP contribution in [-0.4, -0.2) is 23.9 Å². The number of amides is 2. The summed E-state index contributed by atoms with van der Waals surface area (Å²) in [4.78, 5) is 25.2. The van der Waals surface area contributed by atoms with Crippen LogP contribution in [0.15, 0.2) is 41.3 Å². The molecule has 24 heavy (non-hydrogen) atoms. The number of hydrogen-bond donors (Lipinski definition) is 2. The number of anilines is 2. The first-order chi connectivity index (χ1) is 11.6. The Morgan fingerprint density at radius 1 is 1.21 bits per heavy atom. The SMILES string of the molecule is CC1Sc2ccc(NC(=O)c3ccc4c(c3)OCO4)cc2NC1=O. The first kappa shape index (κ1) is 14.9. The van der Waals surface area contributed by atoms with Gasteiger partial charge in [-0.15, -0.1) is 11.8 Å². The smallest absolute Gasteiger partial charge is 0.255 e. The third-order valence-electron chi connectivity index (χ3n) is 3.80. The first-order valence-corrected chi connectivity index (χ1v) is 8.31. The Morgan fingerprint density at radius 2 is 2.04 bits per heavy atom. The Bertz CT molecular complexity index is 852. The molecule has 0 aliphatic carbocycles. The highest BCUT2D eigenvalue weighted by atomic mass is 32.2. The molecular weight excluding hydrogens is 328 g/mol. The Balaban J connectivity index is 1.54. The normalized spacial score (nSPS) is 17.9. The van der Waals surface area contributed by atoms with Gasteiger partial charge in [0.15, 0.2) is 11.5 Å². The van der Waals surface area contributed by atoms with E-state index in [4.69, 9.17) is 9.47 Å². The third-order valence-corrected chi connectivity index (χ3v) is 4.98. The van der Waals surface area contributed by atoms with Gasteiger partial charge in [0.25, 0.3) is 5.91 Å². The van der Waals surface area contributed by atoms with Crippen LogP contribution in [0.4, 0.5) is 11.4 Å². The van der Waals surface area contributed by atoms with E-state index in [1.807, 2.05) is 19.1 Å². The van der Waals surface area contributed by atoms with Gasteiger partial charge in [-0.2, -0.15) is 0 Å². The number of hydrogen-bond acceptors (Lipinski definition) is 5. The average Bonchev–Trinajstić information content (AvgIpc) is 3.03. The summed E-state index contributed by atoms with van der Waals surface area (Å²) in [5, 5.41) is 5.56. The number of benzene rings is 2. The maximum absolute atomic E-state index is 12.4. The van der Waals surface area contributed by atoms with E-state index in [2.05, 4.69) is 10.6 Å². The highest BCUT2D eigenvalue weighted by Crippen LogP contribution is 2.37. The lowest BCUT2D eigenvalue weighted by Crippen LogP contribution is -2.26. The maximum atomic E-state index is 12.4. The van der Waals surface area contributed by atoms with Gasteiger partial charge in [-0.05, 0) is 43.3 Å². The van der Waals surface area contributed by atoms with Gasteiger partial charge in [0.2, 0.25) is 12.7 Å². The molecular formula is C17H14N2O4S. The number of thioether (sulfide) groups is 1. The number of rotatable bonds is 2. The topological polar surface area (TPSA) is 76.7 Å². The van der Waals surface area contributed by atoms with Crippen molar-refractivity contribution in [1.82, 2.24) is 0 Å². The summed E-state index contributed by atoms with van der Waals surface area (Å²) in [5.74, 6) is 0.906. The Labute approximate surface area is 142 Å². The van der Waals surface area contributed by atoms with Crippen LogP contribution >= 0.6 is 11.8 Å². The summed E-state index contributed by atoms with van der Waals surface area (Å²) >= 11 is 1.50. The molecule has 0 bridgehead atoms. The molecule has 0 fully saturated rings. The molecule has 2 aliphatic rings. The lowest BCUT2D eigenvalue weighted by Gasteiger charge is -2.22. The van der Waals surface area contributed by atoms with Crippen LogP contribution in [0.3, 0.4) is 0 Å². The molecule has 1 unspecified atom stereocenters. The third kappa shape index (κ3) is 2.67. The van der Waals surface area contributed by atoms with Crippen molar-refractivity contribution in [3.8, 4) is 11.5 Å². The van der Waals surface area contributed by atoms with Crippen molar-refractivity contribution < 1.29 is 19.1 Å². The highest BCUT2D eigenvalue weighted by molar-refractivity contribution is 8.00. The summed E-state index contributed by atoms with van der Waals surface area (Å²) in [7, 11) is 0. The van der Waals surface area contributed by atoms with E-state index in [1.165, 1.54) is 11.8 Å². The van der Waals surface area contributed by atoms with Gasteiger partial charge < -0.3 is 20.1 Å². The van der Waals surface area contributed by atoms with Crippen molar-refractivity contribution >= 4 is 35.0 Å². The zero-order chi connectivity index (χ0) is 16.7. The van der Waals surface area contributed by atoms with Crippen LogP contribution in [-0.2, 0) is 4.79 Å². The van der Waals surface area contributed by atoms with Gasteiger partial charge in [-0.3, -0.25) is 9.59 Å². The van der Waals surface area contributed by atoms with Gasteiger partial charge in [0.05, 0.1) is 10.9 Å². The molecule has 2 amide bonds. The quantitative estimate of drug-likeness (QED) is 0.877. The van der Waals surface area contributed by atoms with Crippen molar-refractivity contribution in [3.63, 3.8) is 0 Å². The van der Waals surface area contributed by atoms with Crippen molar-refractivity contribution in [1.29, 1.82) is 0 Å². The standard InChI is InChI=1S/C17H14N2O4S/c1-9-16(20)19-12-7-11(3-5-15(12)24-9)18-17(21)10-2-4-13-14(6-10)23-8-22-13/h2-7,9H,8H2,1H3,(H,18,21)(H,19,20). The molecule has 2 heterocycles. The minimum Gasteiger partial charge on any atom is -0.454 e. The Hall–Kier alpha value is -2.67. The molecule has 0 aromatic heterocycles. The number of carbonyl (C=O) groups is 2. The molecule has 1 atom stereocenters. The van der Waals surface area contributed by atoms with Gasteiger partial charge in [-0.25, -0.2) is 0 Å². The highest BCUT2D eigenvalue weighted by Gasteiger charge is 2.23. The monoisotopic (exact) mass is 342 g/mol. The summed E-state index contributed by atoms with van der Waals surface area (Å²) in [6.45, 7) is 2.03. The van der Waals surface area contributed by atoms with Crippen LogP contribution in [0.2, 0.25) is 0 Å². The van der Waals surface area contributed by atoms with Crippen LogP contribution in [0.25, 0.3) is 0 Å². The van der Waals surface area contributed by atoms with Gasteiger partial charge in [0.1, 0.15) is 0 Å². The van der Waals surface area contributed by atoms with E-state index in [9.17, 15) is 9.59 Å². The first-order valence-electron chi connectivity index (χ1n) is 7.43. The van der Waals surface area contributed by atoms with E-state index in [1.54, 1.807) is 24.3 Å². The van der Waals surface area contributed by atoms with Crippen LogP contribution in [0.1, 0.15) is 17.3 Å². The predicted molar refractivity (Wildman–Crippen MR) is 90.9 cm³/mol. The van der Waals surface area contributed by atoms with Crippen molar-refractivity contribution in [2.45, 2.75) is 17.1 Å². The van der Waals surface area contributed by atoms with E-state index in [0.717, 1.165) is 4.90 Å². The predicted octanol–water partition coefficient (Wildman–Crippen LogP) is 3.10. The van der Waals surface area contributed by atoms with Crippen LogP contribution in [0, 0.1) is 0 Å². The molecule has 7 heteroatoms. The zero-order valence-electron chi connectivity index (χ0n) is 12.8. The molecule has 2 N–H and O–H groups in total. The summed E-state index contributed by atoms with van der Waals surface area (Å²) in [6.07, 6.45) is 0. The molecule has 6 nitrogen and oxygen atoms in total. The second-order valence-corrected chi connectivity index (χ2v) is 6.87. The molecule has 0 spiro atoms. The average molecular weight is 342 g/mol. The van der Waals surface area contributed by atoms with Gasteiger partial charge in [-0.1, -0.05) is 0 Å². The molecule has 0 radical (unpaired) electrons. The van der Waals surface area contributed by atoms with E-state index >= 15 is 0 Å². The minimum absolute atomic E-state index is 0.0354. The molecule has 2 aromatic rings. The second-order valence-electron chi connectivity index (χ2n) is 5.48. The summed E-state index contributed by atoms with van der Waals surface area (Å²) in [6, 6.07) is 10.5. The van der Waals surface area contributed by atoms with E-state index in [0.29, 0.717) is 28.4 Å². The largest absolute Gasteiger partial charge is 0.454 e. The fourth-order valence-corrected chi connectivity index (χ4v) is 3.46. The van der Waals surface area contributed by atoms with Gasteiger partial charge in [0, 0.05) is 16.1 Å². The Kier molecular flexibility index (Phi) is 3.57. The molecule has 2 aliphatic heterocycles. The fourth-order valence-electron chi connectivity index (χ4n) is 2.53. The number of nitrogens with one attached hydrogen (secondary N) is 2. The molecule has 2 aromatic carbocycles. The van der Waals surface area contributed by atoms with Crippen LogP contribution in [0.5, 0.6) is 11.5 Å². The molecule has 4 rings (SSSR count). The number of carbonyl (C=O) groups excluding carboxylic acids is 2. The van der Waals surface area contributed by atoms with Crippen LogP contribution < -0.4 is 20.1 Å². The minimum atomic E-state index is -0.253. The number of fused-ring (bicyclic) bond motifs is 2. The maximum Gasteiger partial charge on any atom is 0.255 e. The van der Waals surface area contributed by atoms with E-state index in [-0.39, 0.29) is 23.9 Å². The van der Waals surface area contributed by atoms with E-state index < -0.39 is 0 Å². The molecule has 0 saturated heterocycles. The zero-order valence-corrected chi connectivity index (χ0v) is 13.6. The molecule has 0 saturated carbocycles. The summed E-state index contributed by atoms with van der Waals surface area (Å²) in [5.41, 5.74) is 1.81. The van der Waals surface area contributed by atoms with Gasteiger partial charge >= 0.3 is 0 Å². The lowest BCUT2D eigenvalue weighted by atomic mass is 10.2. The summed E-state index contributed by atoms with van der Waals surface area (Å²) < 4.78 is 10.5. The molecule has 122 valence electrons. The Morgan fingerprint density at radius 3 is 2.92 bits per heavy atom. The number of ether oxygens (including phenoxy) is 2. The fraction of sp³-hybridized carbons (Fsp3) is 0.176. The van der Waals surface area contributed by atoms with Crippen molar-refractivity contribution in [2.24, 2.45) is 0 Å². The lowest BCUT2D eigenvalue weighted by molar-refractivity contribution is -0.115. The van der Waals surface area contributed by atoms with Crippen molar-refractivity contribution in [3.05, 3.63) is 42.0 Å². The van der Waals surface area contributed by atoms with Crippen molar-refractivity contribution in [2.75, 3.05) is 17.4 Å². The second kappa shape index (κ2) is 5.76.